The molecule has 0 amide bonds. The predicted molar refractivity (Wildman–Crippen MR) is 72.1 cm³/mol. The van der Waals surface area contributed by atoms with Gasteiger partial charge in [0.15, 0.2) is 0 Å². The molecule has 2 heterocycles. The van der Waals surface area contributed by atoms with Gasteiger partial charge < -0.3 is 25.3 Å². The molecule has 0 saturated carbocycles. The molecule has 0 spiro atoms. The van der Waals surface area contributed by atoms with E-state index in [0.29, 0.717) is 17.6 Å². The molecule has 0 aromatic carbocycles. The van der Waals surface area contributed by atoms with Crippen molar-refractivity contribution in [1.82, 2.24) is 19.9 Å². The van der Waals surface area contributed by atoms with Crippen LogP contribution in [0.15, 0.2) is 17.3 Å². The number of hydrogen-bond acceptors (Lipinski definition) is 6. The number of aromatic amines is 2. The van der Waals surface area contributed by atoms with Crippen LogP contribution in [0.1, 0.15) is 5.56 Å². The van der Waals surface area contributed by atoms with Crippen LogP contribution in [0.25, 0.3) is 11.0 Å². The maximum atomic E-state index is 11.6. The monoisotopic (exact) mass is 282 g/mol. The lowest BCUT2D eigenvalue weighted by Crippen LogP contribution is -2.45. The van der Waals surface area contributed by atoms with Crippen LogP contribution in [0.3, 0.4) is 0 Å². The normalized spacial score (nSPS) is 14.8. The molecule has 0 aliphatic carbocycles. The lowest BCUT2D eigenvalue weighted by atomic mass is 10.1. The SMILES string of the molecule is CN(Cc1c[nH]c2c(=O)[nH]cnc12)[C@H](CO)[C@H](O)CO. The van der Waals surface area contributed by atoms with Crippen molar-refractivity contribution in [1.29, 1.82) is 0 Å². The van der Waals surface area contributed by atoms with Crippen LogP contribution < -0.4 is 5.56 Å². The highest BCUT2D eigenvalue weighted by Gasteiger charge is 2.23. The van der Waals surface area contributed by atoms with E-state index >= 15 is 0 Å². The van der Waals surface area contributed by atoms with Gasteiger partial charge in [-0.15, -0.1) is 0 Å². The fourth-order valence-electron chi connectivity index (χ4n) is 2.19. The zero-order valence-corrected chi connectivity index (χ0v) is 11.1. The molecule has 8 nitrogen and oxygen atoms in total. The number of likely N-dealkylation sites (N-methyl/N-ethyl adjacent to an activating group) is 1. The van der Waals surface area contributed by atoms with Gasteiger partial charge in [0, 0.05) is 18.3 Å². The van der Waals surface area contributed by atoms with Crippen molar-refractivity contribution in [3.63, 3.8) is 0 Å². The van der Waals surface area contributed by atoms with Gasteiger partial charge in [-0.1, -0.05) is 0 Å². The molecule has 0 radical (unpaired) electrons. The summed E-state index contributed by atoms with van der Waals surface area (Å²) in [7, 11) is 1.71. The second kappa shape index (κ2) is 6.14. The Morgan fingerprint density at radius 2 is 2.10 bits per heavy atom. The van der Waals surface area contributed by atoms with Crippen molar-refractivity contribution in [2.45, 2.75) is 18.7 Å². The minimum atomic E-state index is -1.04. The van der Waals surface area contributed by atoms with Crippen molar-refractivity contribution in [2.24, 2.45) is 0 Å². The molecule has 0 bridgehead atoms. The quantitative estimate of drug-likeness (QED) is 0.434. The van der Waals surface area contributed by atoms with E-state index in [9.17, 15) is 15.0 Å². The molecule has 20 heavy (non-hydrogen) atoms. The average molecular weight is 282 g/mol. The first kappa shape index (κ1) is 14.7. The van der Waals surface area contributed by atoms with Gasteiger partial charge in [0.05, 0.1) is 37.2 Å². The predicted octanol–water partition coefficient (Wildman–Crippen LogP) is -1.60. The number of H-pyrrole nitrogens is 2. The van der Waals surface area contributed by atoms with E-state index in [-0.39, 0.29) is 12.2 Å². The van der Waals surface area contributed by atoms with E-state index in [1.54, 1.807) is 18.1 Å². The fraction of sp³-hybridized carbons (Fsp3) is 0.500. The Kier molecular flexibility index (Phi) is 4.50. The first-order valence-electron chi connectivity index (χ1n) is 6.22. The largest absolute Gasteiger partial charge is 0.395 e. The molecule has 0 aliphatic rings. The highest BCUT2D eigenvalue weighted by molar-refractivity contribution is 5.77. The van der Waals surface area contributed by atoms with Crippen molar-refractivity contribution >= 4 is 11.0 Å². The lowest BCUT2D eigenvalue weighted by Gasteiger charge is -2.29. The molecule has 0 saturated heterocycles. The van der Waals surface area contributed by atoms with Crippen molar-refractivity contribution in [2.75, 3.05) is 20.3 Å². The number of fused-ring (bicyclic) bond motifs is 1. The number of hydrogen-bond donors (Lipinski definition) is 5. The summed E-state index contributed by atoms with van der Waals surface area (Å²) in [5.74, 6) is 0. The maximum Gasteiger partial charge on any atom is 0.275 e. The van der Waals surface area contributed by atoms with Gasteiger partial charge in [-0.3, -0.25) is 9.69 Å². The summed E-state index contributed by atoms with van der Waals surface area (Å²) in [6, 6.07) is -0.591. The zero-order valence-electron chi connectivity index (χ0n) is 11.1. The molecule has 2 aromatic heterocycles. The van der Waals surface area contributed by atoms with Crippen molar-refractivity contribution in [3.05, 3.63) is 28.4 Å². The number of aliphatic hydroxyl groups is 3. The summed E-state index contributed by atoms with van der Waals surface area (Å²) in [5, 5.41) is 27.9. The van der Waals surface area contributed by atoms with Crippen LogP contribution in [-0.2, 0) is 6.54 Å². The van der Waals surface area contributed by atoms with Crippen molar-refractivity contribution in [3.8, 4) is 0 Å². The summed E-state index contributed by atoms with van der Waals surface area (Å²) in [6.45, 7) is -0.339. The van der Waals surface area contributed by atoms with Crippen LogP contribution in [0.4, 0.5) is 0 Å². The first-order chi connectivity index (χ1) is 9.58. The highest BCUT2D eigenvalue weighted by Crippen LogP contribution is 2.15. The third-order valence-electron chi connectivity index (χ3n) is 3.35. The molecule has 0 fully saturated rings. The first-order valence-corrected chi connectivity index (χ1v) is 6.22. The lowest BCUT2D eigenvalue weighted by molar-refractivity contribution is -0.00636. The molecule has 110 valence electrons. The van der Waals surface area contributed by atoms with Crippen LogP contribution in [-0.4, -0.2) is 67.6 Å². The van der Waals surface area contributed by atoms with Crippen LogP contribution in [0.2, 0.25) is 0 Å². The van der Waals surface area contributed by atoms with Gasteiger partial charge in [0.2, 0.25) is 0 Å². The second-order valence-corrected chi connectivity index (χ2v) is 4.68. The van der Waals surface area contributed by atoms with Gasteiger partial charge in [-0.05, 0) is 7.05 Å². The number of nitrogens with zero attached hydrogens (tertiary/aromatic N) is 2. The number of rotatable bonds is 6. The Hall–Kier alpha value is -1.74. The van der Waals surface area contributed by atoms with E-state index in [0.717, 1.165) is 5.56 Å². The van der Waals surface area contributed by atoms with Gasteiger partial charge in [-0.2, -0.15) is 0 Å². The van der Waals surface area contributed by atoms with Crippen LogP contribution >= 0.6 is 0 Å². The molecule has 2 atom stereocenters. The van der Waals surface area contributed by atoms with E-state index in [1.807, 2.05) is 0 Å². The minimum Gasteiger partial charge on any atom is -0.395 e. The summed E-state index contributed by atoms with van der Waals surface area (Å²) in [4.78, 5) is 22.7. The molecule has 0 unspecified atom stereocenters. The van der Waals surface area contributed by atoms with Crippen molar-refractivity contribution < 1.29 is 15.3 Å². The Bertz CT molecular complexity index is 623. The minimum absolute atomic E-state index is 0.252. The summed E-state index contributed by atoms with van der Waals surface area (Å²) < 4.78 is 0. The standard InChI is InChI=1S/C12H18N4O4/c1-16(8(4-17)9(19)5-18)3-7-2-13-11-10(7)14-6-15-12(11)20/h2,6,8-9,13,17-19H,3-5H2,1H3,(H,14,15,20)/t8-,9-/m1/s1. The van der Waals surface area contributed by atoms with Gasteiger partial charge in [0.1, 0.15) is 5.52 Å². The molecular weight excluding hydrogens is 264 g/mol. The van der Waals surface area contributed by atoms with Crippen LogP contribution in [0, 0.1) is 0 Å². The average Bonchev–Trinajstić information content (AvgIpc) is 2.84. The summed E-state index contributed by atoms with van der Waals surface area (Å²) >= 11 is 0. The maximum absolute atomic E-state index is 11.6. The smallest absolute Gasteiger partial charge is 0.275 e. The number of aliphatic hydroxyl groups excluding tert-OH is 3. The van der Waals surface area contributed by atoms with Gasteiger partial charge >= 0.3 is 0 Å². The third-order valence-corrected chi connectivity index (χ3v) is 3.35. The number of aromatic nitrogens is 3. The summed E-state index contributed by atoms with van der Waals surface area (Å²) in [5.41, 5.74) is 1.46. The van der Waals surface area contributed by atoms with Gasteiger partial charge in [-0.25, -0.2) is 4.98 Å². The Balaban J connectivity index is 2.23. The van der Waals surface area contributed by atoms with Crippen LogP contribution in [0.5, 0.6) is 0 Å². The van der Waals surface area contributed by atoms with E-state index in [2.05, 4.69) is 15.0 Å². The van der Waals surface area contributed by atoms with E-state index in [4.69, 9.17) is 5.11 Å². The topological polar surface area (TPSA) is 125 Å². The van der Waals surface area contributed by atoms with E-state index in [1.165, 1.54) is 6.33 Å². The third kappa shape index (κ3) is 2.73. The number of nitrogens with one attached hydrogen (secondary N) is 2. The second-order valence-electron chi connectivity index (χ2n) is 4.68. The zero-order chi connectivity index (χ0) is 14.7. The Labute approximate surface area is 114 Å². The molecule has 2 rings (SSSR count). The molecule has 5 N–H and O–H groups in total. The molecule has 8 heteroatoms. The molecular formula is C12H18N4O4. The molecule has 2 aromatic rings. The van der Waals surface area contributed by atoms with Gasteiger partial charge in [0.25, 0.3) is 5.56 Å². The fourth-order valence-corrected chi connectivity index (χ4v) is 2.19. The Morgan fingerprint density at radius 3 is 2.75 bits per heavy atom. The Morgan fingerprint density at radius 1 is 1.35 bits per heavy atom. The highest BCUT2D eigenvalue weighted by atomic mass is 16.3. The van der Waals surface area contributed by atoms with E-state index < -0.39 is 18.8 Å². The summed E-state index contributed by atoms with van der Waals surface area (Å²) in [6.07, 6.45) is 1.96. The molecule has 0 aliphatic heterocycles.